The summed E-state index contributed by atoms with van der Waals surface area (Å²) in [6.45, 7) is 2.08. The normalized spacial score (nSPS) is 14.4. The number of hydrogen-bond acceptors (Lipinski definition) is 4. The molecule has 162 valence electrons. The summed E-state index contributed by atoms with van der Waals surface area (Å²) in [6.07, 6.45) is 7.72. The third kappa shape index (κ3) is 4.35. The molecule has 0 radical (unpaired) electrons. The van der Waals surface area contributed by atoms with Gasteiger partial charge < -0.3 is 10.6 Å². The lowest BCUT2D eigenvalue weighted by Crippen LogP contribution is -2.36. The molecule has 2 heterocycles. The van der Waals surface area contributed by atoms with Crippen LogP contribution in [-0.4, -0.2) is 26.5 Å². The number of benzene rings is 2. The lowest BCUT2D eigenvalue weighted by atomic mass is 9.95. The number of carbonyl (C=O) groups excluding carboxylic acids is 1. The summed E-state index contributed by atoms with van der Waals surface area (Å²) in [7, 11) is 0. The van der Waals surface area contributed by atoms with E-state index in [0.717, 1.165) is 35.3 Å². The Morgan fingerprint density at radius 2 is 1.72 bits per heavy atom. The van der Waals surface area contributed by atoms with Crippen molar-refractivity contribution in [3.63, 3.8) is 0 Å². The van der Waals surface area contributed by atoms with E-state index in [1.165, 1.54) is 24.8 Å². The molecule has 0 spiro atoms. The van der Waals surface area contributed by atoms with E-state index in [1.54, 1.807) is 4.52 Å². The summed E-state index contributed by atoms with van der Waals surface area (Å²) in [5.74, 6) is 0.515. The molecule has 1 amide bonds. The zero-order chi connectivity index (χ0) is 21.9. The standard InChI is InChI=1S/C26H27N5O/c1-18-9-11-19(12-10-18)23-8-5-17-31-24(23)29-26(30-31)28-22-15-13-20(14-16-22)25(32)27-21-6-3-2-4-7-21/h5,8-17,21H,2-4,6-7H2,1H3,(H,27,32)(H,28,30). The minimum atomic E-state index is -0.00274. The highest BCUT2D eigenvalue weighted by Crippen LogP contribution is 2.25. The molecule has 6 heteroatoms. The first-order chi connectivity index (χ1) is 15.7. The maximum Gasteiger partial charge on any atom is 0.251 e. The molecular weight excluding hydrogens is 398 g/mol. The molecular formula is C26H27N5O. The monoisotopic (exact) mass is 425 g/mol. The van der Waals surface area contributed by atoms with Crippen LogP contribution in [-0.2, 0) is 0 Å². The molecule has 32 heavy (non-hydrogen) atoms. The number of anilines is 2. The first-order valence-corrected chi connectivity index (χ1v) is 11.3. The van der Waals surface area contributed by atoms with Gasteiger partial charge in [-0.1, -0.05) is 49.1 Å². The molecule has 1 fully saturated rings. The van der Waals surface area contributed by atoms with Crippen LogP contribution in [0.15, 0.2) is 66.9 Å². The Bertz CT molecular complexity index is 1220. The van der Waals surface area contributed by atoms with E-state index in [1.807, 2.05) is 36.5 Å². The van der Waals surface area contributed by atoms with Gasteiger partial charge in [-0.2, -0.15) is 4.98 Å². The second-order valence-electron chi connectivity index (χ2n) is 8.50. The molecule has 5 rings (SSSR count). The van der Waals surface area contributed by atoms with Gasteiger partial charge in [0.25, 0.3) is 5.91 Å². The summed E-state index contributed by atoms with van der Waals surface area (Å²) in [6, 6.07) is 20.2. The Morgan fingerprint density at radius 1 is 0.969 bits per heavy atom. The van der Waals surface area contributed by atoms with E-state index in [9.17, 15) is 4.79 Å². The van der Waals surface area contributed by atoms with Crippen molar-refractivity contribution in [3.8, 4) is 11.1 Å². The molecule has 1 saturated carbocycles. The molecule has 0 aliphatic heterocycles. The molecule has 6 nitrogen and oxygen atoms in total. The van der Waals surface area contributed by atoms with Crippen LogP contribution in [0.1, 0.15) is 48.0 Å². The number of carbonyl (C=O) groups is 1. The molecule has 1 aliphatic rings. The predicted octanol–water partition coefficient (Wildman–Crippen LogP) is 5.51. The van der Waals surface area contributed by atoms with Crippen molar-refractivity contribution >= 4 is 23.2 Å². The molecule has 4 aromatic rings. The van der Waals surface area contributed by atoms with Crippen LogP contribution >= 0.6 is 0 Å². The number of rotatable bonds is 5. The van der Waals surface area contributed by atoms with Crippen LogP contribution in [0.4, 0.5) is 11.6 Å². The fourth-order valence-corrected chi connectivity index (χ4v) is 4.27. The van der Waals surface area contributed by atoms with Gasteiger partial charge in [-0.05, 0) is 61.7 Å². The van der Waals surface area contributed by atoms with Gasteiger partial charge >= 0.3 is 0 Å². The summed E-state index contributed by atoms with van der Waals surface area (Å²) >= 11 is 0. The van der Waals surface area contributed by atoms with Crippen LogP contribution in [0.5, 0.6) is 0 Å². The highest BCUT2D eigenvalue weighted by Gasteiger charge is 2.16. The van der Waals surface area contributed by atoms with Gasteiger partial charge in [0.15, 0.2) is 5.65 Å². The largest absolute Gasteiger partial charge is 0.349 e. The van der Waals surface area contributed by atoms with Gasteiger partial charge in [0.05, 0.1) is 0 Å². The van der Waals surface area contributed by atoms with Crippen LogP contribution < -0.4 is 10.6 Å². The minimum absolute atomic E-state index is 0.00274. The number of hydrogen-bond donors (Lipinski definition) is 2. The average molecular weight is 426 g/mol. The van der Waals surface area contributed by atoms with Crippen molar-refractivity contribution in [2.75, 3.05) is 5.32 Å². The van der Waals surface area contributed by atoms with E-state index in [-0.39, 0.29) is 5.91 Å². The zero-order valence-electron chi connectivity index (χ0n) is 18.2. The molecule has 0 unspecified atom stereocenters. The number of pyridine rings is 1. The van der Waals surface area contributed by atoms with Gasteiger partial charge in [-0.25, -0.2) is 4.52 Å². The maximum atomic E-state index is 12.5. The Hall–Kier alpha value is -3.67. The van der Waals surface area contributed by atoms with Gasteiger partial charge in [-0.3, -0.25) is 4.79 Å². The lowest BCUT2D eigenvalue weighted by molar-refractivity contribution is 0.0927. The Balaban J connectivity index is 1.31. The van der Waals surface area contributed by atoms with E-state index >= 15 is 0 Å². The number of nitrogens with zero attached hydrogens (tertiary/aromatic N) is 3. The van der Waals surface area contributed by atoms with Crippen LogP contribution in [0, 0.1) is 6.92 Å². The Morgan fingerprint density at radius 3 is 2.47 bits per heavy atom. The average Bonchev–Trinajstić information content (AvgIpc) is 3.23. The van der Waals surface area contributed by atoms with Crippen molar-refractivity contribution in [1.29, 1.82) is 0 Å². The third-order valence-corrected chi connectivity index (χ3v) is 6.07. The molecule has 0 atom stereocenters. The second kappa shape index (κ2) is 8.83. The third-order valence-electron chi connectivity index (χ3n) is 6.07. The SMILES string of the molecule is Cc1ccc(-c2cccn3nc(Nc4ccc(C(=O)NC5CCCCC5)cc4)nc23)cc1. The van der Waals surface area contributed by atoms with Gasteiger partial charge in [-0.15, -0.1) is 5.10 Å². The van der Waals surface area contributed by atoms with E-state index in [2.05, 4.69) is 53.0 Å². The Kier molecular flexibility index (Phi) is 5.58. The molecule has 0 bridgehead atoms. The molecule has 2 aromatic heterocycles. The van der Waals surface area contributed by atoms with Crippen LogP contribution in [0.2, 0.25) is 0 Å². The zero-order valence-corrected chi connectivity index (χ0v) is 18.2. The van der Waals surface area contributed by atoms with Crippen molar-refractivity contribution in [2.45, 2.75) is 45.1 Å². The highest BCUT2D eigenvalue weighted by molar-refractivity contribution is 5.94. The van der Waals surface area contributed by atoms with Crippen molar-refractivity contribution in [2.24, 2.45) is 0 Å². The maximum absolute atomic E-state index is 12.5. The van der Waals surface area contributed by atoms with Gasteiger partial charge in [0.2, 0.25) is 5.95 Å². The number of aromatic nitrogens is 3. The number of fused-ring (bicyclic) bond motifs is 1. The minimum Gasteiger partial charge on any atom is -0.349 e. The first kappa shape index (κ1) is 20.2. The Labute approximate surface area is 187 Å². The van der Waals surface area contributed by atoms with Crippen LogP contribution in [0.3, 0.4) is 0 Å². The van der Waals surface area contributed by atoms with Gasteiger partial charge in [0, 0.05) is 29.1 Å². The topological polar surface area (TPSA) is 71.3 Å². The predicted molar refractivity (Wildman–Crippen MR) is 127 cm³/mol. The molecule has 0 saturated heterocycles. The highest BCUT2D eigenvalue weighted by atomic mass is 16.1. The summed E-state index contributed by atoms with van der Waals surface area (Å²) in [5.41, 5.74) is 5.66. The number of nitrogens with one attached hydrogen (secondary N) is 2. The van der Waals surface area contributed by atoms with E-state index in [0.29, 0.717) is 17.6 Å². The fourth-order valence-electron chi connectivity index (χ4n) is 4.27. The second-order valence-corrected chi connectivity index (χ2v) is 8.50. The van der Waals surface area contributed by atoms with Crippen LogP contribution in [0.25, 0.3) is 16.8 Å². The van der Waals surface area contributed by atoms with Gasteiger partial charge in [0.1, 0.15) is 0 Å². The van der Waals surface area contributed by atoms with Crippen molar-refractivity contribution in [1.82, 2.24) is 19.9 Å². The summed E-state index contributed by atoms with van der Waals surface area (Å²) < 4.78 is 1.78. The van der Waals surface area contributed by atoms with E-state index in [4.69, 9.17) is 4.98 Å². The number of aryl methyl sites for hydroxylation is 1. The molecule has 2 N–H and O–H groups in total. The van der Waals surface area contributed by atoms with E-state index < -0.39 is 0 Å². The molecule has 2 aromatic carbocycles. The van der Waals surface area contributed by atoms with Crippen molar-refractivity contribution < 1.29 is 4.79 Å². The number of amides is 1. The quantitative estimate of drug-likeness (QED) is 0.442. The summed E-state index contributed by atoms with van der Waals surface area (Å²) in [4.78, 5) is 17.2. The van der Waals surface area contributed by atoms with Crippen molar-refractivity contribution in [3.05, 3.63) is 78.0 Å². The first-order valence-electron chi connectivity index (χ1n) is 11.3. The summed E-state index contributed by atoms with van der Waals surface area (Å²) in [5, 5.41) is 11.0. The fraction of sp³-hybridized carbons (Fsp3) is 0.269. The smallest absolute Gasteiger partial charge is 0.251 e. The molecule has 1 aliphatic carbocycles. The lowest BCUT2D eigenvalue weighted by Gasteiger charge is -2.22.